The Kier molecular flexibility index (Phi) is 4.40. The number of amides is 1. The number of H-pyrrole nitrogens is 1. The van der Waals surface area contributed by atoms with Crippen LogP contribution < -0.4 is 10.1 Å². The van der Waals surface area contributed by atoms with Gasteiger partial charge in [0.15, 0.2) is 5.82 Å². The number of nitrogens with zero attached hydrogens (tertiary/aromatic N) is 1. The Morgan fingerprint density at radius 3 is 2.83 bits per heavy atom. The maximum Gasteiger partial charge on any atom is 0.250 e. The maximum absolute atomic E-state index is 13.9. The van der Waals surface area contributed by atoms with Crippen molar-refractivity contribution in [3.05, 3.63) is 47.0 Å². The van der Waals surface area contributed by atoms with Crippen molar-refractivity contribution in [2.24, 2.45) is 0 Å². The van der Waals surface area contributed by atoms with Gasteiger partial charge in [0.25, 0.3) is 0 Å². The van der Waals surface area contributed by atoms with E-state index in [-0.39, 0.29) is 11.8 Å². The predicted molar refractivity (Wildman–Crippen MR) is 90.6 cm³/mol. The summed E-state index contributed by atoms with van der Waals surface area (Å²) in [7, 11) is 1.36. The van der Waals surface area contributed by atoms with Crippen molar-refractivity contribution in [2.75, 3.05) is 7.11 Å². The molecule has 24 heavy (non-hydrogen) atoms. The molecule has 124 valence electrons. The molecule has 7 heteroatoms. The van der Waals surface area contributed by atoms with Crippen LogP contribution in [-0.4, -0.2) is 23.0 Å². The lowest BCUT2D eigenvalue weighted by atomic mass is 10.1. The molecule has 2 heterocycles. The zero-order valence-electron chi connectivity index (χ0n) is 13.1. The molecule has 0 bridgehead atoms. The molecule has 2 N–H and O–H groups in total. The molecule has 3 rings (SSSR count). The van der Waals surface area contributed by atoms with Gasteiger partial charge >= 0.3 is 0 Å². The predicted octanol–water partition coefficient (Wildman–Crippen LogP) is 3.67. The molecule has 0 atom stereocenters. The minimum atomic E-state index is -0.552. The molecular weight excluding hydrogens is 333 g/mol. The Morgan fingerprint density at radius 2 is 2.17 bits per heavy atom. The summed E-state index contributed by atoms with van der Waals surface area (Å²) in [6.45, 7) is 1.86. The van der Waals surface area contributed by atoms with Crippen molar-refractivity contribution in [2.45, 2.75) is 13.5 Å². The van der Waals surface area contributed by atoms with E-state index in [1.165, 1.54) is 26.3 Å². The van der Waals surface area contributed by atoms with E-state index in [1.807, 2.05) is 12.1 Å². The third kappa shape index (κ3) is 3.19. The number of nitrogens with one attached hydrogen (secondary N) is 2. The van der Waals surface area contributed by atoms with Crippen LogP contribution in [0.5, 0.6) is 5.88 Å². The van der Waals surface area contributed by atoms with Gasteiger partial charge < -0.3 is 15.0 Å². The summed E-state index contributed by atoms with van der Waals surface area (Å²) in [6, 6.07) is 6.87. The largest absolute Gasteiger partial charge is 0.479 e. The van der Waals surface area contributed by atoms with Gasteiger partial charge in [-0.05, 0) is 24.3 Å². The van der Waals surface area contributed by atoms with Crippen LogP contribution in [0.1, 0.15) is 12.6 Å². The minimum Gasteiger partial charge on any atom is -0.479 e. The van der Waals surface area contributed by atoms with Crippen LogP contribution in [0.25, 0.3) is 22.0 Å². The Hall–Kier alpha value is -2.60. The second kappa shape index (κ2) is 6.49. The smallest absolute Gasteiger partial charge is 0.250 e. The summed E-state index contributed by atoms with van der Waals surface area (Å²) in [5.41, 5.74) is 2.91. The number of carbonyl (C=O) groups excluding carboxylic acids is 1. The number of rotatable bonds is 4. The average Bonchev–Trinajstić information content (AvgIpc) is 2.93. The molecule has 0 unspecified atom stereocenters. The molecule has 3 aromatic rings. The molecule has 1 aromatic carbocycles. The van der Waals surface area contributed by atoms with Crippen LogP contribution in [0.4, 0.5) is 4.39 Å². The van der Waals surface area contributed by atoms with E-state index in [9.17, 15) is 9.18 Å². The third-order valence-electron chi connectivity index (χ3n) is 3.60. The fourth-order valence-electron chi connectivity index (χ4n) is 2.47. The van der Waals surface area contributed by atoms with Gasteiger partial charge in [-0.15, -0.1) is 0 Å². The molecule has 0 radical (unpaired) electrons. The van der Waals surface area contributed by atoms with E-state index in [4.69, 9.17) is 16.3 Å². The summed E-state index contributed by atoms with van der Waals surface area (Å²) in [5, 5.41) is 4.12. The summed E-state index contributed by atoms with van der Waals surface area (Å²) in [4.78, 5) is 18.2. The standard InChI is InChI=1S/C17H15ClFN3O2/c1-9(23)20-8-12-3-10-4-14(18)13(6-16(10)22-12)11-5-15(19)17(24-2)21-7-11/h3-7,22H,8H2,1-2H3,(H,20,23). The molecule has 0 fully saturated rings. The van der Waals surface area contributed by atoms with E-state index in [1.54, 1.807) is 6.07 Å². The van der Waals surface area contributed by atoms with Crippen molar-refractivity contribution >= 4 is 28.4 Å². The Balaban J connectivity index is 2.00. The van der Waals surface area contributed by atoms with Gasteiger partial charge in [0, 0.05) is 45.9 Å². The number of methoxy groups -OCH3 is 1. The molecule has 0 spiro atoms. The third-order valence-corrected chi connectivity index (χ3v) is 3.92. The first-order valence-electron chi connectivity index (χ1n) is 7.23. The van der Waals surface area contributed by atoms with Crippen LogP contribution in [-0.2, 0) is 11.3 Å². The first kappa shape index (κ1) is 16.3. The quantitative estimate of drug-likeness (QED) is 0.756. The Labute approximate surface area is 142 Å². The lowest BCUT2D eigenvalue weighted by molar-refractivity contribution is -0.119. The molecule has 0 saturated heterocycles. The van der Waals surface area contributed by atoms with Crippen LogP contribution in [0.3, 0.4) is 0 Å². The van der Waals surface area contributed by atoms with Crippen LogP contribution in [0.2, 0.25) is 5.02 Å². The van der Waals surface area contributed by atoms with E-state index >= 15 is 0 Å². The monoisotopic (exact) mass is 347 g/mol. The highest BCUT2D eigenvalue weighted by molar-refractivity contribution is 6.34. The molecule has 0 aliphatic rings. The molecule has 0 aliphatic heterocycles. The van der Waals surface area contributed by atoms with Gasteiger partial charge in [0.2, 0.25) is 11.8 Å². The number of benzene rings is 1. The van der Waals surface area contributed by atoms with E-state index < -0.39 is 5.82 Å². The number of fused-ring (bicyclic) bond motifs is 1. The summed E-state index contributed by atoms with van der Waals surface area (Å²) >= 11 is 6.34. The summed E-state index contributed by atoms with van der Waals surface area (Å²) in [5.74, 6) is -0.718. The average molecular weight is 348 g/mol. The van der Waals surface area contributed by atoms with Crippen LogP contribution in [0.15, 0.2) is 30.5 Å². The molecular formula is C17H15ClFN3O2. The van der Waals surface area contributed by atoms with E-state index in [0.717, 1.165) is 16.6 Å². The number of carbonyl (C=O) groups is 1. The minimum absolute atomic E-state index is 0.0617. The summed E-state index contributed by atoms with van der Waals surface area (Å²) < 4.78 is 18.7. The molecule has 1 amide bonds. The number of hydrogen-bond acceptors (Lipinski definition) is 3. The van der Waals surface area contributed by atoms with Crippen molar-refractivity contribution in [1.29, 1.82) is 0 Å². The number of pyridine rings is 1. The zero-order valence-corrected chi connectivity index (χ0v) is 13.9. The highest BCUT2D eigenvalue weighted by Crippen LogP contribution is 2.33. The molecule has 2 aromatic heterocycles. The Morgan fingerprint density at radius 1 is 1.38 bits per heavy atom. The highest BCUT2D eigenvalue weighted by Gasteiger charge is 2.12. The van der Waals surface area contributed by atoms with Crippen molar-refractivity contribution in [1.82, 2.24) is 15.3 Å². The second-order valence-electron chi connectivity index (χ2n) is 5.34. The van der Waals surface area contributed by atoms with Gasteiger partial charge in [-0.3, -0.25) is 4.79 Å². The SMILES string of the molecule is COc1ncc(-c2cc3[nH]c(CNC(C)=O)cc3cc2Cl)cc1F. The van der Waals surface area contributed by atoms with Crippen molar-refractivity contribution < 1.29 is 13.9 Å². The number of aromatic amines is 1. The fraction of sp³-hybridized carbons (Fsp3) is 0.176. The second-order valence-corrected chi connectivity index (χ2v) is 5.75. The van der Waals surface area contributed by atoms with Crippen molar-refractivity contribution in [3.8, 4) is 17.0 Å². The van der Waals surface area contributed by atoms with Gasteiger partial charge in [-0.25, -0.2) is 9.37 Å². The lowest BCUT2D eigenvalue weighted by Crippen LogP contribution is -2.18. The number of ether oxygens (including phenoxy) is 1. The number of halogens is 2. The van der Waals surface area contributed by atoms with Gasteiger partial charge in [0.05, 0.1) is 13.7 Å². The number of aromatic nitrogens is 2. The van der Waals surface area contributed by atoms with E-state index in [2.05, 4.69) is 15.3 Å². The Bertz CT molecular complexity index is 924. The van der Waals surface area contributed by atoms with Crippen molar-refractivity contribution in [3.63, 3.8) is 0 Å². The van der Waals surface area contributed by atoms with Crippen LogP contribution >= 0.6 is 11.6 Å². The van der Waals surface area contributed by atoms with Gasteiger partial charge in [-0.2, -0.15) is 0 Å². The molecule has 5 nitrogen and oxygen atoms in total. The summed E-state index contributed by atoms with van der Waals surface area (Å²) in [6.07, 6.45) is 1.51. The molecule has 0 saturated carbocycles. The van der Waals surface area contributed by atoms with Crippen LogP contribution in [0, 0.1) is 5.82 Å². The fourth-order valence-corrected chi connectivity index (χ4v) is 2.75. The first-order valence-corrected chi connectivity index (χ1v) is 7.61. The molecule has 0 aliphatic carbocycles. The number of hydrogen-bond donors (Lipinski definition) is 2. The zero-order chi connectivity index (χ0) is 17.3. The topological polar surface area (TPSA) is 67.0 Å². The van der Waals surface area contributed by atoms with E-state index in [0.29, 0.717) is 22.7 Å². The van der Waals surface area contributed by atoms with Gasteiger partial charge in [-0.1, -0.05) is 11.6 Å². The first-order chi connectivity index (χ1) is 11.5. The normalized spacial score (nSPS) is 10.8. The highest BCUT2D eigenvalue weighted by atomic mass is 35.5. The van der Waals surface area contributed by atoms with Gasteiger partial charge in [0.1, 0.15) is 0 Å². The lowest BCUT2D eigenvalue weighted by Gasteiger charge is -2.07. The maximum atomic E-state index is 13.9.